The summed E-state index contributed by atoms with van der Waals surface area (Å²) in [6.45, 7) is 2.89. The first-order valence-electron chi connectivity index (χ1n) is 12.5. The van der Waals surface area contributed by atoms with E-state index in [1.54, 1.807) is 12.1 Å². The summed E-state index contributed by atoms with van der Waals surface area (Å²) in [4.78, 5) is 24.6. The molecule has 0 aromatic heterocycles. The van der Waals surface area contributed by atoms with E-state index >= 15 is 0 Å². The molecule has 3 aromatic rings. The molecule has 0 unspecified atom stereocenters. The van der Waals surface area contributed by atoms with Crippen LogP contribution in [0.25, 0.3) is 0 Å². The zero-order valence-electron chi connectivity index (χ0n) is 20.9. The van der Waals surface area contributed by atoms with Gasteiger partial charge < -0.3 is 10.6 Å². The molecule has 7 nitrogen and oxygen atoms in total. The minimum Gasteiger partial charge on any atom is -0.355 e. The number of hydrogen-bond donors (Lipinski definition) is 3. The van der Waals surface area contributed by atoms with Crippen LogP contribution in [0.15, 0.2) is 89.8 Å². The summed E-state index contributed by atoms with van der Waals surface area (Å²) in [6, 6.07) is 26.1. The van der Waals surface area contributed by atoms with E-state index in [1.165, 1.54) is 19.1 Å². The van der Waals surface area contributed by atoms with Gasteiger partial charge in [-0.1, -0.05) is 72.8 Å². The zero-order chi connectivity index (χ0) is 26.3. The summed E-state index contributed by atoms with van der Waals surface area (Å²) in [5.74, 6) is -0.415. The smallest absolute Gasteiger partial charge is 0.240 e. The minimum atomic E-state index is -3.76. The Balaban J connectivity index is 1.37. The summed E-state index contributed by atoms with van der Waals surface area (Å²) in [5.41, 5.74) is 3.01. The van der Waals surface area contributed by atoms with Crippen molar-refractivity contribution in [2.24, 2.45) is 5.92 Å². The highest BCUT2D eigenvalue weighted by Gasteiger charge is 2.30. The third-order valence-electron chi connectivity index (χ3n) is 6.61. The molecule has 1 saturated heterocycles. The van der Waals surface area contributed by atoms with Crippen LogP contribution in [0, 0.1) is 5.92 Å². The Hall–Kier alpha value is -3.33. The van der Waals surface area contributed by atoms with Crippen LogP contribution in [-0.4, -0.2) is 45.8 Å². The molecule has 0 saturated carbocycles. The normalized spacial score (nSPS) is 17.9. The summed E-state index contributed by atoms with van der Waals surface area (Å²) < 4.78 is 28.6. The van der Waals surface area contributed by atoms with Crippen molar-refractivity contribution >= 4 is 21.7 Å². The van der Waals surface area contributed by atoms with Crippen molar-refractivity contribution in [3.63, 3.8) is 0 Å². The highest BCUT2D eigenvalue weighted by molar-refractivity contribution is 7.89. The van der Waals surface area contributed by atoms with E-state index in [0.717, 1.165) is 16.7 Å². The van der Waals surface area contributed by atoms with Crippen molar-refractivity contribution < 1.29 is 18.0 Å². The summed E-state index contributed by atoms with van der Waals surface area (Å²) in [6.07, 6.45) is 0.675. The maximum Gasteiger partial charge on any atom is 0.240 e. The number of benzene rings is 3. The number of carbonyl (C=O) groups is 2. The van der Waals surface area contributed by atoms with Crippen LogP contribution in [-0.2, 0) is 26.0 Å². The lowest BCUT2D eigenvalue weighted by Gasteiger charge is -2.30. The van der Waals surface area contributed by atoms with Gasteiger partial charge in [0, 0.05) is 38.0 Å². The molecule has 37 heavy (non-hydrogen) atoms. The molecule has 194 valence electrons. The maximum absolute atomic E-state index is 13.1. The third kappa shape index (κ3) is 7.35. The van der Waals surface area contributed by atoms with Gasteiger partial charge in [-0.15, -0.1) is 0 Å². The summed E-state index contributed by atoms with van der Waals surface area (Å²) >= 11 is 0. The second-order valence-electron chi connectivity index (χ2n) is 9.55. The number of nitrogens with one attached hydrogen (secondary N) is 3. The predicted octanol–water partition coefficient (Wildman–Crippen LogP) is 3.02. The first-order valence-corrected chi connectivity index (χ1v) is 14.0. The predicted molar refractivity (Wildman–Crippen MR) is 144 cm³/mol. The Morgan fingerprint density at radius 3 is 2.05 bits per heavy atom. The fourth-order valence-electron chi connectivity index (χ4n) is 4.74. The summed E-state index contributed by atoms with van der Waals surface area (Å²) in [7, 11) is -3.76. The third-order valence-corrected chi connectivity index (χ3v) is 8.15. The lowest BCUT2D eigenvalue weighted by atomic mass is 9.90. The van der Waals surface area contributed by atoms with Crippen LogP contribution in [0.3, 0.4) is 0 Å². The molecule has 1 heterocycles. The second kappa shape index (κ2) is 12.3. The molecule has 0 bridgehead atoms. The van der Waals surface area contributed by atoms with Crippen LogP contribution >= 0.6 is 0 Å². The molecular weight excluding hydrogens is 486 g/mol. The number of hydrogen-bond acceptors (Lipinski definition) is 5. The fourth-order valence-corrected chi connectivity index (χ4v) is 5.99. The van der Waals surface area contributed by atoms with Gasteiger partial charge in [0.1, 0.15) is 5.78 Å². The molecule has 1 aliphatic heterocycles. The monoisotopic (exact) mass is 519 g/mol. The maximum atomic E-state index is 13.1. The van der Waals surface area contributed by atoms with Crippen LogP contribution in [0.2, 0.25) is 0 Å². The van der Waals surface area contributed by atoms with E-state index in [4.69, 9.17) is 0 Å². The molecule has 3 aromatic carbocycles. The Kier molecular flexibility index (Phi) is 8.87. The number of ketones is 1. The van der Waals surface area contributed by atoms with Crippen molar-refractivity contribution in [3.05, 3.63) is 102 Å². The van der Waals surface area contributed by atoms with Crippen molar-refractivity contribution in [2.45, 2.75) is 36.6 Å². The molecule has 1 aliphatic rings. The molecule has 1 fully saturated rings. The van der Waals surface area contributed by atoms with Gasteiger partial charge in [0.15, 0.2) is 0 Å². The zero-order valence-corrected chi connectivity index (χ0v) is 21.7. The highest BCUT2D eigenvalue weighted by atomic mass is 32.2. The van der Waals surface area contributed by atoms with Gasteiger partial charge in [0.2, 0.25) is 15.9 Å². The van der Waals surface area contributed by atoms with Gasteiger partial charge >= 0.3 is 0 Å². The van der Waals surface area contributed by atoms with Crippen molar-refractivity contribution in [2.75, 3.05) is 19.6 Å². The Labute approximate surface area is 218 Å². The molecule has 0 aliphatic carbocycles. The molecule has 3 N–H and O–H groups in total. The first-order chi connectivity index (χ1) is 17.8. The quantitative estimate of drug-likeness (QED) is 0.382. The molecule has 0 spiro atoms. The van der Waals surface area contributed by atoms with Crippen LogP contribution in [0.5, 0.6) is 0 Å². The van der Waals surface area contributed by atoms with Gasteiger partial charge in [0.25, 0.3) is 0 Å². The van der Waals surface area contributed by atoms with Crippen molar-refractivity contribution in [3.8, 4) is 0 Å². The van der Waals surface area contributed by atoms with E-state index in [1.807, 2.05) is 36.4 Å². The van der Waals surface area contributed by atoms with Gasteiger partial charge in [-0.05, 0) is 42.2 Å². The SMILES string of the molecule is CC(=O)Cc1ccc(S(=O)(=O)N[C@@H]2CNC[C@@H](C(=O)NCC(c3ccccc3)c3ccccc3)C2)cc1. The van der Waals surface area contributed by atoms with E-state index in [9.17, 15) is 18.0 Å². The lowest BCUT2D eigenvalue weighted by molar-refractivity contribution is -0.125. The number of piperidine rings is 1. The minimum absolute atomic E-state index is 0.0168. The van der Waals surface area contributed by atoms with E-state index in [0.29, 0.717) is 26.1 Å². The average Bonchev–Trinajstić information content (AvgIpc) is 2.90. The number of rotatable bonds is 10. The van der Waals surface area contributed by atoms with Crippen LogP contribution in [0.4, 0.5) is 0 Å². The first kappa shape index (κ1) is 26.7. The van der Waals surface area contributed by atoms with Crippen molar-refractivity contribution in [1.82, 2.24) is 15.4 Å². The second-order valence-corrected chi connectivity index (χ2v) is 11.3. The highest BCUT2D eigenvalue weighted by Crippen LogP contribution is 2.24. The Morgan fingerprint density at radius 2 is 1.49 bits per heavy atom. The molecule has 2 atom stereocenters. The molecule has 4 rings (SSSR count). The fraction of sp³-hybridized carbons (Fsp3) is 0.310. The van der Waals surface area contributed by atoms with Gasteiger partial charge in [0.05, 0.1) is 10.8 Å². The standard InChI is InChI=1S/C29H33N3O4S/c1-21(33)16-22-12-14-27(15-13-22)37(35,36)32-26-17-25(18-30-19-26)29(34)31-20-28(23-8-4-2-5-9-23)24-10-6-3-7-11-24/h2-15,25-26,28,30,32H,16-20H2,1H3,(H,31,34)/t25-,26-/m0/s1. The van der Waals surface area contributed by atoms with E-state index in [-0.39, 0.29) is 34.8 Å². The van der Waals surface area contributed by atoms with E-state index < -0.39 is 16.1 Å². The number of Topliss-reactive ketones (excluding diaryl/α,β-unsaturated/α-hetero) is 1. The lowest BCUT2D eigenvalue weighted by Crippen LogP contribution is -2.52. The number of amides is 1. The Morgan fingerprint density at radius 1 is 0.892 bits per heavy atom. The molecule has 0 radical (unpaired) electrons. The topological polar surface area (TPSA) is 104 Å². The van der Waals surface area contributed by atoms with Crippen molar-refractivity contribution in [1.29, 1.82) is 0 Å². The summed E-state index contributed by atoms with van der Waals surface area (Å²) in [5, 5.41) is 6.30. The molecule has 8 heteroatoms. The van der Waals surface area contributed by atoms with Gasteiger partial charge in [-0.2, -0.15) is 0 Å². The van der Waals surface area contributed by atoms with Gasteiger partial charge in [-0.25, -0.2) is 13.1 Å². The molecule has 1 amide bonds. The Bertz CT molecular complexity index is 1260. The van der Waals surface area contributed by atoms with Crippen LogP contribution < -0.4 is 15.4 Å². The molecular formula is C29H33N3O4S. The average molecular weight is 520 g/mol. The van der Waals surface area contributed by atoms with E-state index in [2.05, 4.69) is 39.6 Å². The largest absolute Gasteiger partial charge is 0.355 e. The van der Waals surface area contributed by atoms with Gasteiger partial charge in [-0.3, -0.25) is 9.59 Å². The van der Waals surface area contributed by atoms with Crippen LogP contribution in [0.1, 0.15) is 36.0 Å². The number of carbonyl (C=O) groups excluding carboxylic acids is 2. The number of sulfonamides is 1.